The zero-order valence-corrected chi connectivity index (χ0v) is 10.3. The summed E-state index contributed by atoms with van der Waals surface area (Å²) in [7, 11) is 0. The van der Waals surface area contributed by atoms with Crippen molar-refractivity contribution in [2.45, 2.75) is 6.92 Å². The molecule has 4 aliphatic carbocycles. The number of allylic oxidation sites excluding steroid dienone is 4. The summed E-state index contributed by atoms with van der Waals surface area (Å²) < 4.78 is 0. The lowest BCUT2D eigenvalue weighted by Gasteiger charge is -2.59. The first kappa shape index (κ1) is 11.5. The lowest BCUT2D eigenvalue weighted by molar-refractivity contribution is 0.00180. The molecule has 0 aliphatic heterocycles. The molecule has 4 heteroatoms. The van der Waals surface area contributed by atoms with Crippen LogP contribution in [0.2, 0.25) is 0 Å². The second-order valence-corrected chi connectivity index (χ2v) is 5.51. The number of nitriles is 4. The lowest BCUT2D eigenvalue weighted by atomic mass is 9.38. The molecular weight excluding hydrogens is 236 g/mol. The summed E-state index contributed by atoms with van der Waals surface area (Å²) in [4.78, 5) is 0. The molecule has 0 spiro atoms. The maximum Gasteiger partial charge on any atom is 0.182 e. The molecule has 0 amide bonds. The second kappa shape index (κ2) is 3.26. The third kappa shape index (κ3) is 0.907. The standard InChI is InChI=1S/C15H10N4/c1-9-4-10-11-2-3-12(13(9)10)15(7-18,8-19)14(11,5-16)6-17/h2-4,10-13H,1H3/t10-,11+,12+,13-/m1/s1. The normalized spacial score (nSPS) is 38.5. The Morgan fingerprint density at radius 3 is 1.84 bits per heavy atom. The minimum absolute atomic E-state index is 0.115. The summed E-state index contributed by atoms with van der Waals surface area (Å²) in [5.41, 5.74) is -1.97. The van der Waals surface area contributed by atoms with Gasteiger partial charge in [0, 0.05) is 11.8 Å². The van der Waals surface area contributed by atoms with Gasteiger partial charge in [0.05, 0.1) is 24.3 Å². The minimum Gasteiger partial charge on any atom is -0.196 e. The molecule has 4 rings (SSSR count). The van der Waals surface area contributed by atoms with E-state index in [1.54, 1.807) is 0 Å². The average Bonchev–Trinajstić information content (AvgIpc) is 2.44. The van der Waals surface area contributed by atoms with Gasteiger partial charge in [-0.2, -0.15) is 21.0 Å². The molecule has 2 bridgehead atoms. The van der Waals surface area contributed by atoms with Crippen molar-refractivity contribution in [3.05, 3.63) is 23.8 Å². The molecule has 4 aliphatic rings. The molecule has 0 heterocycles. The molecule has 0 aromatic rings. The summed E-state index contributed by atoms with van der Waals surface area (Å²) >= 11 is 0. The van der Waals surface area contributed by atoms with Crippen LogP contribution in [-0.4, -0.2) is 0 Å². The molecule has 0 aromatic carbocycles. The van der Waals surface area contributed by atoms with Crippen LogP contribution in [-0.2, 0) is 0 Å². The van der Waals surface area contributed by atoms with Gasteiger partial charge in [-0.1, -0.05) is 23.8 Å². The van der Waals surface area contributed by atoms with E-state index in [-0.39, 0.29) is 23.7 Å². The first-order valence-electron chi connectivity index (χ1n) is 6.13. The quantitative estimate of drug-likeness (QED) is 0.611. The van der Waals surface area contributed by atoms with Crippen LogP contribution in [0.15, 0.2) is 23.8 Å². The van der Waals surface area contributed by atoms with Gasteiger partial charge in [-0.3, -0.25) is 0 Å². The van der Waals surface area contributed by atoms with E-state index in [0.717, 1.165) is 5.57 Å². The van der Waals surface area contributed by atoms with E-state index >= 15 is 0 Å². The van der Waals surface area contributed by atoms with Gasteiger partial charge < -0.3 is 0 Å². The van der Waals surface area contributed by atoms with Gasteiger partial charge in [0.2, 0.25) is 0 Å². The molecular formula is C15H10N4. The molecule has 0 radical (unpaired) electrons. The monoisotopic (exact) mass is 246 g/mol. The van der Waals surface area contributed by atoms with Gasteiger partial charge in [-0.25, -0.2) is 0 Å². The maximum atomic E-state index is 9.55. The number of hydrogen-bond donors (Lipinski definition) is 0. The van der Waals surface area contributed by atoms with E-state index in [2.05, 4.69) is 6.08 Å². The number of fused-ring (bicyclic) bond motifs is 1. The van der Waals surface area contributed by atoms with Crippen molar-refractivity contribution in [1.29, 1.82) is 21.0 Å². The average molecular weight is 246 g/mol. The van der Waals surface area contributed by atoms with E-state index in [9.17, 15) is 21.0 Å². The smallest absolute Gasteiger partial charge is 0.182 e. The summed E-state index contributed by atoms with van der Waals surface area (Å²) in [6.07, 6.45) is 5.78. The molecule has 0 N–H and O–H groups in total. The van der Waals surface area contributed by atoms with Crippen molar-refractivity contribution in [3.8, 4) is 24.3 Å². The van der Waals surface area contributed by atoms with E-state index < -0.39 is 10.8 Å². The Morgan fingerprint density at radius 2 is 1.37 bits per heavy atom. The van der Waals surface area contributed by atoms with E-state index in [1.807, 2.05) is 43.4 Å². The predicted molar refractivity (Wildman–Crippen MR) is 64.2 cm³/mol. The summed E-state index contributed by atoms with van der Waals surface area (Å²) in [5, 5.41) is 38.1. The third-order valence-electron chi connectivity index (χ3n) is 5.05. The Kier molecular flexibility index (Phi) is 1.98. The van der Waals surface area contributed by atoms with Crippen LogP contribution in [0.25, 0.3) is 0 Å². The zero-order valence-electron chi connectivity index (χ0n) is 10.3. The molecule has 4 nitrogen and oxygen atoms in total. The largest absolute Gasteiger partial charge is 0.196 e. The zero-order chi connectivity index (χ0) is 13.8. The summed E-state index contributed by atoms with van der Waals surface area (Å²) in [5.74, 6) is -0.476. The van der Waals surface area contributed by atoms with Crippen LogP contribution >= 0.6 is 0 Å². The highest BCUT2D eigenvalue weighted by atomic mass is 14.7. The van der Waals surface area contributed by atoms with Crippen molar-refractivity contribution in [2.24, 2.45) is 34.5 Å². The van der Waals surface area contributed by atoms with Gasteiger partial charge >= 0.3 is 0 Å². The topological polar surface area (TPSA) is 95.2 Å². The van der Waals surface area contributed by atoms with Gasteiger partial charge in [0.25, 0.3) is 0 Å². The number of hydrogen-bond acceptors (Lipinski definition) is 4. The van der Waals surface area contributed by atoms with Gasteiger partial charge in [-0.15, -0.1) is 0 Å². The molecule has 4 atom stereocenters. The van der Waals surface area contributed by atoms with Crippen molar-refractivity contribution in [2.75, 3.05) is 0 Å². The summed E-state index contributed by atoms with van der Waals surface area (Å²) in [6, 6.07) is 8.03. The van der Waals surface area contributed by atoms with E-state index in [0.29, 0.717) is 0 Å². The Hall–Kier alpha value is -2.56. The highest BCUT2D eigenvalue weighted by Gasteiger charge is 2.72. The molecule has 90 valence electrons. The second-order valence-electron chi connectivity index (χ2n) is 5.51. The molecule has 0 unspecified atom stereocenters. The Bertz CT molecular complexity index is 658. The first-order chi connectivity index (χ1) is 9.11. The third-order valence-corrected chi connectivity index (χ3v) is 5.05. The highest BCUT2D eigenvalue weighted by Crippen LogP contribution is 2.67. The van der Waals surface area contributed by atoms with E-state index in [4.69, 9.17) is 0 Å². The molecule has 0 saturated heterocycles. The Labute approximate surface area is 111 Å². The lowest BCUT2D eigenvalue weighted by Crippen LogP contribution is -2.62. The molecule has 19 heavy (non-hydrogen) atoms. The van der Waals surface area contributed by atoms with E-state index in [1.165, 1.54) is 0 Å². The van der Waals surface area contributed by atoms with Gasteiger partial charge in [-0.05, 0) is 18.8 Å². The SMILES string of the molecule is CC1=C[C@H]2[C@@H]1[C@@H]1C=C[C@@H]2C(C#N)(C#N)C1(C#N)C#N. The fourth-order valence-corrected chi connectivity index (χ4v) is 4.11. The van der Waals surface area contributed by atoms with Crippen LogP contribution in [0.5, 0.6) is 0 Å². The van der Waals surface area contributed by atoms with Crippen molar-refractivity contribution in [1.82, 2.24) is 0 Å². The van der Waals surface area contributed by atoms with Crippen molar-refractivity contribution in [3.63, 3.8) is 0 Å². The predicted octanol–water partition coefficient (Wildman–Crippen LogP) is 2.06. The Balaban J connectivity index is 2.33. The van der Waals surface area contributed by atoms with Crippen LogP contribution in [0.1, 0.15) is 6.92 Å². The maximum absolute atomic E-state index is 9.55. The minimum atomic E-state index is -1.56. The van der Waals surface area contributed by atoms with Crippen LogP contribution in [0.4, 0.5) is 0 Å². The van der Waals surface area contributed by atoms with Gasteiger partial charge in [0.1, 0.15) is 0 Å². The number of nitrogens with zero attached hydrogens (tertiary/aromatic N) is 4. The van der Waals surface area contributed by atoms with Crippen LogP contribution < -0.4 is 0 Å². The molecule has 0 aromatic heterocycles. The molecule has 1 saturated carbocycles. The summed E-state index contributed by atoms with van der Waals surface area (Å²) in [6.45, 7) is 1.98. The fraction of sp³-hybridized carbons (Fsp3) is 0.467. The Morgan fingerprint density at radius 1 is 0.895 bits per heavy atom. The van der Waals surface area contributed by atoms with Crippen LogP contribution in [0.3, 0.4) is 0 Å². The number of rotatable bonds is 0. The van der Waals surface area contributed by atoms with Crippen LogP contribution in [0, 0.1) is 79.8 Å². The van der Waals surface area contributed by atoms with Crippen molar-refractivity contribution < 1.29 is 0 Å². The van der Waals surface area contributed by atoms with Crippen molar-refractivity contribution >= 4 is 0 Å². The molecule has 1 fully saturated rings. The first-order valence-corrected chi connectivity index (χ1v) is 6.13. The highest BCUT2D eigenvalue weighted by molar-refractivity contribution is 5.50. The van der Waals surface area contributed by atoms with Gasteiger partial charge in [0.15, 0.2) is 10.8 Å². The fourth-order valence-electron chi connectivity index (χ4n) is 4.11.